The molecule has 0 bridgehead atoms. The number of rotatable bonds is 2. The number of hydrogen-bond acceptors (Lipinski definition) is 3. The summed E-state index contributed by atoms with van der Waals surface area (Å²) in [4.78, 5) is 7.27. The zero-order valence-electron chi connectivity index (χ0n) is 14.4. The van der Waals surface area contributed by atoms with Crippen LogP contribution in [0, 0.1) is 5.92 Å². The Morgan fingerprint density at radius 3 is 2.75 bits per heavy atom. The van der Waals surface area contributed by atoms with Crippen LogP contribution in [0.4, 0.5) is 0 Å². The van der Waals surface area contributed by atoms with E-state index in [4.69, 9.17) is 4.99 Å². The van der Waals surface area contributed by atoms with Crippen LogP contribution in [0.25, 0.3) is 10.8 Å². The smallest absolute Gasteiger partial charge is 0.194 e. The lowest BCUT2D eigenvalue weighted by atomic mass is 9.95. The Balaban J connectivity index is 0.00000169. The van der Waals surface area contributed by atoms with Gasteiger partial charge in [0.15, 0.2) is 5.96 Å². The van der Waals surface area contributed by atoms with E-state index in [1.54, 1.807) is 0 Å². The molecular formula is C20H26IN3. The molecule has 0 spiro atoms. The highest BCUT2D eigenvalue weighted by Crippen LogP contribution is 2.27. The van der Waals surface area contributed by atoms with Crippen LogP contribution in [0.2, 0.25) is 0 Å². The summed E-state index contributed by atoms with van der Waals surface area (Å²) in [7, 11) is 0. The van der Waals surface area contributed by atoms with Gasteiger partial charge in [0.2, 0.25) is 0 Å². The van der Waals surface area contributed by atoms with E-state index in [0.717, 1.165) is 25.0 Å². The number of halogens is 1. The summed E-state index contributed by atoms with van der Waals surface area (Å²) < 4.78 is 0. The maximum absolute atomic E-state index is 4.77. The second kappa shape index (κ2) is 7.30. The molecule has 2 aliphatic heterocycles. The molecule has 0 radical (unpaired) electrons. The summed E-state index contributed by atoms with van der Waals surface area (Å²) in [6, 6.07) is 16.2. The molecule has 2 aromatic rings. The highest BCUT2D eigenvalue weighted by molar-refractivity contribution is 14.0. The predicted molar refractivity (Wildman–Crippen MR) is 112 cm³/mol. The van der Waals surface area contributed by atoms with E-state index in [1.807, 2.05) is 0 Å². The quantitative estimate of drug-likeness (QED) is 0.700. The van der Waals surface area contributed by atoms with Crippen LogP contribution in [0.3, 0.4) is 0 Å². The van der Waals surface area contributed by atoms with Crippen molar-refractivity contribution in [1.82, 2.24) is 10.2 Å². The van der Waals surface area contributed by atoms with Gasteiger partial charge < -0.3 is 10.2 Å². The zero-order valence-corrected chi connectivity index (χ0v) is 16.7. The number of guanidine groups is 1. The van der Waals surface area contributed by atoms with Gasteiger partial charge in [-0.25, -0.2) is 0 Å². The van der Waals surface area contributed by atoms with Crippen LogP contribution in [0.5, 0.6) is 0 Å². The van der Waals surface area contributed by atoms with Gasteiger partial charge in [0.05, 0.1) is 18.6 Å². The molecule has 4 heteroatoms. The van der Waals surface area contributed by atoms with Gasteiger partial charge in [0, 0.05) is 6.54 Å². The highest BCUT2D eigenvalue weighted by Gasteiger charge is 2.33. The van der Waals surface area contributed by atoms with Crippen molar-refractivity contribution in [1.29, 1.82) is 0 Å². The van der Waals surface area contributed by atoms with Gasteiger partial charge in [0.25, 0.3) is 0 Å². The SMILES string of the molecule is CC1CCC2CN=C(NC(C)c3ccc4ccccc4c3)N2C1.I. The molecule has 1 N–H and O–H groups in total. The molecule has 2 aliphatic rings. The minimum atomic E-state index is 0. The minimum Gasteiger partial charge on any atom is -0.350 e. The highest BCUT2D eigenvalue weighted by atomic mass is 127. The molecule has 0 saturated carbocycles. The lowest BCUT2D eigenvalue weighted by Gasteiger charge is -2.36. The Bertz CT molecular complexity index is 742. The largest absolute Gasteiger partial charge is 0.350 e. The van der Waals surface area contributed by atoms with E-state index in [9.17, 15) is 0 Å². The maximum atomic E-state index is 4.77. The summed E-state index contributed by atoms with van der Waals surface area (Å²) in [5.74, 6) is 1.87. The molecule has 1 fully saturated rings. The van der Waals surface area contributed by atoms with Crippen molar-refractivity contribution in [2.45, 2.75) is 38.8 Å². The first-order chi connectivity index (χ1) is 11.2. The molecule has 2 heterocycles. The molecule has 2 aromatic carbocycles. The number of fused-ring (bicyclic) bond motifs is 2. The van der Waals surface area contributed by atoms with Crippen LogP contribution >= 0.6 is 24.0 Å². The van der Waals surface area contributed by atoms with Gasteiger partial charge in [-0.1, -0.05) is 43.3 Å². The van der Waals surface area contributed by atoms with Crippen molar-refractivity contribution in [3.05, 3.63) is 48.0 Å². The minimum absolute atomic E-state index is 0. The van der Waals surface area contributed by atoms with Gasteiger partial charge in [-0.05, 0) is 48.1 Å². The van der Waals surface area contributed by atoms with E-state index in [2.05, 4.69) is 66.5 Å². The molecule has 0 aromatic heterocycles. The van der Waals surface area contributed by atoms with Crippen LogP contribution in [0.1, 0.15) is 38.3 Å². The molecule has 3 nitrogen and oxygen atoms in total. The lowest BCUT2D eigenvalue weighted by molar-refractivity contribution is 0.210. The second-order valence-electron chi connectivity index (χ2n) is 7.13. The standard InChI is InChI=1S/C20H25N3.HI/c1-14-7-10-19-12-21-20(23(19)13-14)22-15(2)17-9-8-16-5-3-4-6-18(16)11-17;/h3-6,8-9,11,14-15,19H,7,10,12-13H2,1-2H3,(H,21,22);1H. The fourth-order valence-corrected chi connectivity index (χ4v) is 3.82. The monoisotopic (exact) mass is 435 g/mol. The Hall–Kier alpha value is -1.30. The topological polar surface area (TPSA) is 27.6 Å². The average molecular weight is 435 g/mol. The van der Waals surface area contributed by atoms with E-state index < -0.39 is 0 Å². The molecule has 3 unspecified atom stereocenters. The fourth-order valence-electron chi connectivity index (χ4n) is 3.82. The first kappa shape index (κ1) is 17.5. The van der Waals surface area contributed by atoms with Gasteiger partial charge in [-0.3, -0.25) is 4.99 Å². The van der Waals surface area contributed by atoms with Gasteiger partial charge in [0.1, 0.15) is 0 Å². The summed E-state index contributed by atoms with van der Waals surface area (Å²) in [6.07, 6.45) is 2.62. The van der Waals surface area contributed by atoms with E-state index in [1.165, 1.54) is 29.2 Å². The Kier molecular flexibility index (Phi) is 5.33. The third kappa shape index (κ3) is 3.39. The van der Waals surface area contributed by atoms with E-state index in [0.29, 0.717) is 6.04 Å². The van der Waals surface area contributed by atoms with Crippen molar-refractivity contribution in [2.24, 2.45) is 10.9 Å². The zero-order chi connectivity index (χ0) is 15.8. The molecule has 3 atom stereocenters. The summed E-state index contributed by atoms with van der Waals surface area (Å²) in [5.41, 5.74) is 1.32. The number of piperidine rings is 1. The predicted octanol–water partition coefficient (Wildman–Crippen LogP) is 4.58. The van der Waals surface area contributed by atoms with Gasteiger partial charge in [-0.2, -0.15) is 0 Å². The van der Waals surface area contributed by atoms with Crippen molar-refractivity contribution in [3.63, 3.8) is 0 Å². The summed E-state index contributed by atoms with van der Waals surface area (Å²) in [5, 5.41) is 6.26. The lowest BCUT2D eigenvalue weighted by Crippen LogP contribution is -2.48. The number of hydrogen-bond donors (Lipinski definition) is 1. The molecular weight excluding hydrogens is 409 g/mol. The van der Waals surface area contributed by atoms with Crippen LogP contribution < -0.4 is 5.32 Å². The van der Waals surface area contributed by atoms with Crippen LogP contribution in [-0.4, -0.2) is 30.0 Å². The van der Waals surface area contributed by atoms with Gasteiger partial charge in [-0.15, -0.1) is 24.0 Å². The first-order valence-corrected chi connectivity index (χ1v) is 8.77. The van der Waals surface area contributed by atoms with Crippen molar-refractivity contribution >= 4 is 40.7 Å². The van der Waals surface area contributed by atoms with E-state index >= 15 is 0 Å². The second-order valence-corrected chi connectivity index (χ2v) is 7.13. The van der Waals surface area contributed by atoms with Gasteiger partial charge >= 0.3 is 0 Å². The summed E-state index contributed by atoms with van der Waals surface area (Å²) in [6.45, 7) is 6.67. The number of nitrogens with one attached hydrogen (secondary N) is 1. The van der Waals surface area contributed by atoms with Crippen LogP contribution in [-0.2, 0) is 0 Å². The first-order valence-electron chi connectivity index (χ1n) is 8.77. The molecule has 0 amide bonds. The molecule has 1 saturated heterocycles. The number of nitrogens with zero attached hydrogens (tertiary/aromatic N) is 2. The molecule has 0 aliphatic carbocycles. The summed E-state index contributed by atoms with van der Waals surface area (Å²) >= 11 is 0. The van der Waals surface area contributed by atoms with Crippen molar-refractivity contribution < 1.29 is 0 Å². The number of benzene rings is 2. The van der Waals surface area contributed by atoms with Crippen molar-refractivity contribution in [2.75, 3.05) is 13.1 Å². The third-order valence-corrected chi connectivity index (χ3v) is 5.28. The average Bonchev–Trinajstić information content (AvgIpc) is 2.96. The molecule has 4 rings (SSSR count). The fraction of sp³-hybridized carbons (Fsp3) is 0.450. The number of aliphatic imine (C=N–C) groups is 1. The molecule has 128 valence electrons. The maximum Gasteiger partial charge on any atom is 0.194 e. The van der Waals surface area contributed by atoms with Crippen LogP contribution in [0.15, 0.2) is 47.5 Å². The Morgan fingerprint density at radius 1 is 1.12 bits per heavy atom. The normalized spacial score (nSPS) is 24.1. The molecule has 24 heavy (non-hydrogen) atoms. The van der Waals surface area contributed by atoms with Crippen molar-refractivity contribution in [3.8, 4) is 0 Å². The Labute approximate surface area is 161 Å². The van der Waals surface area contributed by atoms with E-state index in [-0.39, 0.29) is 30.0 Å². The third-order valence-electron chi connectivity index (χ3n) is 5.28. The Morgan fingerprint density at radius 2 is 1.92 bits per heavy atom.